The Bertz CT molecular complexity index is 653. The van der Waals surface area contributed by atoms with Crippen LogP contribution in [0.4, 0.5) is 13.2 Å². The van der Waals surface area contributed by atoms with Crippen molar-refractivity contribution in [2.45, 2.75) is 24.4 Å². The summed E-state index contributed by atoms with van der Waals surface area (Å²) in [6.07, 6.45) is -5.72. The number of benzene rings is 1. The van der Waals surface area contributed by atoms with Gasteiger partial charge in [-0.3, -0.25) is 0 Å². The number of sulfonamides is 1. The van der Waals surface area contributed by atoms with E-state index in [4.69, 9.17) is 16.9 Å². The molecule has 0 unspecified atom stereocenters. The minimum Gasteiger partial charge on any atom is -0.207 e. The predicted octanol–water partition coefficient (Wildman–Crippen LogP) is 3.17. The summed E-state index contributed by atoms with van der Waals surface area (Å²) in [5.41, 5.74) is -0.273. The first-order valence-electron chi connectivity index (χ1n) is 5.89. The van der Waals surface area contributed by atoms with Crippen LogP contribution in [-0.4, -0.2) is 32.0 Å². The molecule has 1 aromatic rings. The van der Waals surface area contributed by atoms with Gasteiger partial charge < -0.3 is 0 Å². The van der Waals surface area contributed by atoms with E-state index in [0.29, 0.717) is 4.31 Å². The van der Waals surface area contributed by atoms with Crippen molar-refractivity contribution in [3.63, 3.8) is 0 Å². The Morgan fingerprint density at radius 1 is 1.38 bits per heavy atom. The van der Waals surface area contributed by atoms with Crippen LogP contribution in [0, 0.1) is 11.3 Å². The van der Waals surface area contributed by atoms with Crippen LogP contribution in [0.3, 0.4) is 0 Å². The Balaban J connectivity index is 3.21. The minimum atomic E-state index is -4.46. The van der Waals surface area contributed by atoms with E-state index in [9.17, 15) is 21.6 Å². The van der Waals surface area contributed by atoms with Crippen LogP contribution < -0.4 is 0 Å². The molecule has 0 aliphatic heterocycles. The largest absolute Gasteiger partial charge is 0.390 e. The van der Waals surface area contributed by atoms with E-state index in [1.807, 2.05) is 0 Å². The second-order valence-electron chi connectivity index (χ2n) is 4.09. The number of hydrogen-bond donors (Lipinski definition) is 0. The summed E-state index contributed by atoms with van der Waals surface area (Å²) in [7, 11) is -4.21. The molecule has 0 aliphatic carbocycles. The standard InChI is InChI=1S/C12H12ClF3N2O2S/c1-2-18(7-6-12(14,15)16)21(19,20)11-5-3-4-10(13)9(11)8-17/h3-5H,2,6-7H2,1H3. The zero-order valence-electron chi connectivity index (χ0n) is 11.0. The molecular formula is C12H12ClF3N2O2S. The topological polar surface area (TPSA) is 61.2 Å². The fourth-order valence-corrected chi connectivity index (χ4v) is 3.55. The van der Waals surface area contributed by atoms with Gasteiger partial charge in [-0.05, 0) is 12.1 Å². The Labute approximate surface area is 125 Å². The maximum atomic E-state index is 12.4. The molecule has 0 amide bonds. The molecule has 0 fully saturated rings. The number of rotatable bonds is 5. The summed E-state index contributed by atoms with van der Waals surface area (Å²) in [5, 5.41) is 8.91. The first-order chi connectivity index (χ1) is 9.63. The summed E-state index contributed by atoms with van der Waals surface area (Å²) in [6.45, 7) is 0.569. The molecule has 0 heterocycles. The van der Waals surface area contributed by atoms with Crippen LogP contribution in [-0.2, 0) is 10.0 Å². The van der Waals surface area contributed by atoms with Gasteiger partial charge in [0.1, 0.15) is 11.0 Å². The van der Waals surface area contributed by atoms with E-state index in [2.05, 4.69) is 0 Å². The highest BCUT2D eigenvalue weighted by molar-refractivity contribution is 7.89. The Morgan fingerprint density at radius 2 is 2.00 bits per heavy atom. The molecule has 1 rings (SSSR count). The van der Waals surface area contributed by atoms with Gasteiger partial charge in [0.2, 0.25) is 10.0 Å². The molecule has 4 nitrogen and oxygen atoms in total. The van der Waals surface area contributed by atoms with E-state index >= 15 is 0 Å². The fraction of sp³-hybridized carbons (Fsp3) is 0.417. The van der Waals surface area contributed by atoms with Crippen LogP contribution in [0.15, 0.2) is 23.1 Å². The highest BCUT2D eigenvalue weighted by Gasteiger charge is 2.32. The van der Waals surface area contributed by atoms with E-state index in [1.165, 1.54) is 19.1 Å². The van der Waals surface area contributed by atoms with E-state index in [-0.39, 0.29) is 22.0 Å². The van der Waals surface area contributed by atoms with Crippen LogP contribution >= 0.6 is 11.6 Å². The molecule has 9 heteroatoms. The fourth-order valence-electron chi connectivity index (χ4n) is 1.67. The lowest BCUT2D eigenvalue weighted by molar-refractivity contribution is -0.135. The molecule has 0 radical (unpaired) electrons. The predicted molar refractivity (Wildman–Crippen MR) is 71.3 cm³/mol. The average molecular weight is 341 g/mol. The van der Waals surface area contributed by atoms with Crippen LogP contribution in [0.25, 0.3) is 0 Å². The molecule has 116 valence electrons. The lowest BCUT2D eigenvalue weighted by atomic mass is 10.2. The van der Waals surface area contributed by atoms with Gasteiger partial charge >= 0.3 is 6.18 Å². The number of alkyl halides is 3. The molecule has 1 aromatic carbocycles. The summed E-state index contributed by atoms with van der Waals surface area (Å²) in [6, 6.07) is 5.48. The molecule has 0 saturated carbocycles. The zero-order chi connectivity index (χ0) is 16.3. The molecule has 21 heavy (non-hydrogen) atoms. The maximum Gasteiger partial charge on any atom is 0.390 e. The van der Waals surface area contributed by atoms with Crippen molar-refractivity contribution in [1.82, 2.24) is 4.31 Å². The monoisotopic (exact) mass is 340 g/mol. The van der Waals surface area contributed by atoms with Gasteiger partial charge in [0.25, 0.3) is 0 Å². The van der Waals surface area contributed by atoms with Crippen molar-refractivity contribution in [1.29, 1.82) is 5.26 Å². The van der Waals surface area contributed by atoms with Crippen molar-refractivity contribution in [2.75, 3.05) is 13.1 Å². The smallest absolute Gasteiger partial charge is 0.207 e. The molecule has 0 atom stereocenters. The summed E-state index contributed by atoms with van der Waals surface area (Å²) >= 11 is 5.75. The highest BCUT2D eigenvalue weighted by Crippen LogP contribution is 2.27. The summed E-state index contributed by atoms with van der Waals surface area (Å²) in [5.74, 6) is 0. The molecular weight excluding hydrogens is 329 g/mol. The minimum absolute atomic E-state index is 0.0644. The van der Waals surface area contributed by atoms with Gasteiger partial charge in [0.05, 0.1) is 17.0 Å². The first kappa shape index (κ1) is 17.8. The Hall–Kier alpha value is -1.30. The normalized spacial score (nSPS) is 12.4. The average Bonchev–Trinajstić information content (AvgIpc) is 2.37. The number of nitriles is 1. The maximum absolute atomic E-state index is 12.4. The molecule has 0 aliphatic rings. The third-order valence-corrected chi connectivity index (χ3v) is 5.03. The van der Waals surface area contributed by atoms with Crippen molar-refractivity contribution in [2.24, 2.45) is 0 Å². The Kier molecular flexibility index (Phi) is 5.61. The lowest BCUT2D eigenvalue weighted by Crippen LogP contribution is -2.34. The third kappa shape index (κ3) is 4.33. The van der Waals surface area contributed by atoms with Crippen molar-refractivity contribution in [3.8, 4) is 6.07 Å². The van der Waals surface area contributed by atoms with Crippen LogP contribution in [0.2, 0.25) is 5.02 Å². The van der Waals surface area contributed by atoms with Crippen molar-refractivity contribution in [3.05, 3.63) is 28.8 Å². The molecule has 0 aromatic heterocycles. The third-order valence-electron chi connectivity index (χ3n) is 2.70. The van der Waals surface area contributed by atoms with E-state index in [0.717, 1.165) is 6.07 Å². The SMILES string of the molecule is CCN(CCC(F)(F)F)S(=O)(=O)c1cccc(Cl)c1C#N. The van der Waals surface area contributed by atoms with Gasteiger partial charge in [-0.15, -0.1) is 0 Å². The van der Waals surface area contributed by atoms with Crippen LogP contribution in [0.1, 0.15) is 18.9 Å². The second kappa shape index (κ2) is 6.64. The van der Waals surface area contributed by atoms with Crippen molar-refractivity contribution >= 4 is 21.6 Å². The molecule has 0 spiro atoms. The quantitative estimate of drug-likeness (QED) is 0.827. The molecule has 0 bridgehead atoms. The summed E-state index contributed by atoms with van der Waals surface area (Å²) in [4.78, 5) is -0.387. The lowest BCUT2D eigenvalue weighted by Gasteiger charge is -2.21. The van der Waals surface area contributed by atoms with Gasteiger partial charge in [-0.2, -0.15) is 22.7 Å². The van der Waals surface area contributed by atoms with Gasteiger partial charge in [-0.1, -0.05) is 24.6 Å². The number of hydrogen-bond acceptors (Lipinski definition) is 3. The van der Waals surface area contributed by atoms with Gasteiger partial charge in [-0.25, -0.2) is 8.42 Å². The zero-order valence-corrected chi connectivity index (χ0v) is 12.6. The molecule has 0 saturated heterocycles. The van der Waals surface area contributed by atoms with E-state index in [1.54, 1.807) is 6.07 Å². The van der Waals surface area contributed by atoms with E-state index < -0.39 is 29.2 Å². The molecule has 0 N–H and O–H groups in total. The van der Waals surface area contributed by atoms with Crippen LogP contribution in [0.5, 0.6) is 0 Å². The number of nitrogens with zero attached hydrogens (tertiary/aromatic N) is 2. The number of halogens is 4. The first-order valence-corrected chi connectivity index (χ1v) is 7.70. The highest BCUT2D eigenvalue weighted by atomic mass is 35.5. The van der Waals surface area contributed by atoms with Crippen molar-refractivity contribution < 1.29 is 21.6 Å². The summed E-state index contributed by atoms with van der Waals surface area (Å²) < 4.78 is 62.2. The van der Waals surface area contributed by atoms with Gasteiger partial charge in [0.15, 0.2) is 0 Å². The Morgan fingerprint density at radius 3 is 2.48 bits per heavy atom. The van der Waals surface area contributed by atoms with Gasteiger partial charge in [0, 0.05) is 13.1 Å². The second-order valence-corrected chi connectivity index (χ2v) is 6.40.